The first-order chi connectivity index (χ1) is 15.8. The number of anilines is 1. The summed E-state index contributed by atoms with van der Waals surface area (Å²) in [4.78, 5) is 26.9. The second-order valence-corrected chi connectivity index (χ2v) is 11.8. The van der Waals surface area contributed by atoms with Gasteiger partial charge in [0.25, 0.3) is 0 Å². The van der Waals surface area contributed by atoms with Crippen molar-refractivity contribution in [3.05, 3.63) is 29.8 Å². The van der Waals surface area contributed by atoms with Gasteiger partial charge < -0.3 is 5.32 Å². The number of hydrogen-bond donors (Lipinski definition) is 2. The Morgan fingerprint density at radius 1 is 1.06 bits per heavy atom. The average Bonchev–Trinajstić information content (AvgIpc) is 3.24. The molecule has 1 aromatic heterocycles. The third-order valence-corrected chi connectivity index (χ3v) is 9.14. The van der Waals surface area contributed by atoms with Crippen molar-refractivity contribution in [2.45, 2.75) is 71.8 Å². The van der Waals surface area contributed by atoms with Gasteiger partial charge in [-0.25, -0.2) is 0 Å². The molecule has 4 aliphatic carbocycles. The molecule has 1 heterocycles. The minimum Gasteiger partial charge on any atom is -0.344 e. The van der Waals surface area contributed by atoms with E-state index in [1.165, 1.54) is 36.2 Å². The van der Waals surface area contributed by atoms with E-state index in [-0.39, 0.29) is 23.1 Å². The second kappa shape index (κ2) is 8.82. The zero-order valence-corrected chi connectivity index (χ0v) is 20.6. The van der Waals surface area contributed by atoms with Crippen LogP contribution in [0.15, 0.2) is 24.3 Å². The molecular formula is C26H34N4O2S. The standard InChI is InChI=1S/C26H34N4O2S/c1-4-16(3)21(27-24(32)26-12-17-9-18(13-26)11-19(10-17)14-26)22(31)28-25-30-29-23(33-25)20-7-5-15(2)6-8-20/h5-8,16-19,21H,4,9-14H2,1-3H3,(H,27,32)(H,28,30,31). The van der Waals surface area contributed by atoms with Gasteiger partial charge in [-0.05, 0) is 69.1 Å². The Hall–Kier alpha value is -2.28. The third kappa shape index (κ3) is 4.44. The fraction of sp³-hybridized carbons (Fsp3) is 0.615. The summed E-state index contributed by atoms with van der Waals surface area (Å²) in [5.74, 6) is 2.01. The number of carbonyl (C=O) groups excluding carboxylic acids is 2. The van der Waals surface area contributed by atoms with Gasteiger partial charge in [0.15, 0.2) is 0 Å². The van der Waals surface area contributed by atoms with Crippen molar-refractivity contribution in [2.24, 2.45) is 29.1 Å². The predicted octanol–water partition coefficient (Wildman–Crippen LogP) is 5.20. The molecule has 4 aliphatic rings. The number of aromatic nitrogens is 2. The Labute approximate surface area is 200 Å². The van der Waals surface area contributed by atoms with Gasteiger partial charge in [0, 0.05) is 11.0 Å². The number of aryl methyl sites for hydroxylation is 1. The molecule has 33 heavy (non-hydrogen) atoms. The zero-order chi connectivity index (χ0) is 23.2. The van der Waals surface area contributed by atoms with Gasteiger partial charge in [-0.3, -0.25) is 14.9 Å². The first-order valence-electron chi connectivity index (χ1n) is 12.4. The molecule has 2 atom stereocenters. The Morgan fingerprint density at radius 2 is 1.67 bits per heavy atom. The molecule has 6 nitrogen and oxygen atoms in total. The van der Waals surface area contributed by atoms with Crippen molar-refractivity contribution in [1.29, 1.82) is 0 Å². The molecule has 1 aromatic carbocycles. The van der Waals surface area contributed by atoms with Gasteiger partial charge in [-0.15, -0.1) is 10.2 Å². The molecule has 2 aromatic rings. The summed E-state index contributed by atoms with van der Waals surface area (Å²) in [6, 6.07) is 7.52. The summed E-state index contributed by atoms with van der Waals surface area (Å²) in [6.07, 6.45) is 7.68. The van der Waals surface area contributed by atoms with Crippen molar-refractivity contribution in [2.75, 3.05) is 5.32 Å². The number of carbonyl (C=O) groups is 2. The molecule has 2 amide bonds. The quantitative estimate of drug-likeness (QED) is 0.587. The van der Waals surface area contributed by atoms with Crippen molar-refractivity contribution < 1.29 is 9.59 Å². The number of amides is 2. The van der Waals surface area contributed by atoms with E-state index in [0.29, 0.717) is 22.9 Å². The van der Waals surface area contributed by atoms with Crippen LogP contribution in [0.2, 0.25) is 0 Å². The maximum absolute atomic E-state index is 13.6. The van der Waals surface area contributed by atoms with Gasteiger partial charge in [-0.1, -0.05) is 61.4 Å². The maximum atomic E-state index is 13.6. The second-order valence-electron chi connectivity index (χ2n) is 10.8. The highest BCUT2D eigenvalue weighted by Crippen LogP contribution is 2.60. The van der Waals surface area contributed by atoms with Gasteiger partial charge >= 0.3 is 0 Å². The Kier molecular flexibility index (Phi) is 6.02. The number of nitrogens with zero attached hydrogens (tertiary/aromatic N) is 2. The molecule has 4 saturated carbocycles. The first kappa shape index (κ1) is 22.5. The number of rotatable bonds is 7. The number of nitrogens with one attached hydrogen (secondary N) is 2. The highest BCUT2D eigenvalue weighted by atomic mass is 32.1. The van der Waals surface area contributed by atoms with Crippen molar-refractivity contribution in [1.82, 2.24) is 15.5 Å². The third-order valence-electron chi connectivity index (χ3n) is 8.26. The van der Waals surface area contributed by atoms with Crippen LogP contribution in [0.1, 0.15) is 64.4 Å². The van der Waals surface area contributed by atoms with Crippen molar-refractivity contribution >= 4 is 28.3 Å². The lowest BCUT2D eigenvalue weighted by Crippen LogP contribution is -2.58. The molecule has 6 rings (SSSR count). The topological polar surface area (TPSA) is 84.0 Å². The molecule has 4 fully saturated rings. The van der Waals surface area contributed by atoms with Crippen LogP contribution in [-0.4, -0.2) is 28.1 Å². The summed E-state index contributed by atoms with van der Waals surface area (Å²) < 4.78 is 0. The van der Waals surface area contributed by atoms with E-state index in [0.717, 1.165) is 36.3 Å². The predicted molar refractivity (Wildman–Crippen MR) is 131 cm³/mol. The van der Waals surface area contributed by atoms with Gasteiger partial charge in [0.2, 0.25) is 16.9 Å². The summed E-state index contributed by atoms with van der Waals surface area (Å²) in [5, 5.41) is 15.8. The molecule has 0 saturated heterocycles. The SMILES string of the molecule is CCC(C)C(NC(=O)C12CC3CC(CC(C3)C1)C2)C(=O)Nc1nnc(-c2ccc(C)cc2)s1. The lowest BCUT2D eigenvalue weighted by Gasteiger charge is -2.55. The fourth-order valence-electron chi connectivity index (χ4n) is 6.65. The smallest absolute Gasteiger partial charge is 0.249 e. The van der Waals surface area contributed by atoms with E-state index in [4.69, 9.17) is 0 Å². The minimum atomic E-state index is -0.567. The van der Waals surface area contributed by atoms with Crippen LogP contribution in [-0.2, 0) is 9.59 Å². The first-order valence-corrected chi connectivity index (χ1v) is 13.2. The molecule has 0 radical (unpaired) electrons. The van der Waals surface area contributed by atoms with E-state index < -0.39 is 6.04 Å². The molecule has 0 spiro atoms. The van der Waals surface area contributed by atoms with Crippen LogP contribution in [0.3, 0.4) is 0 Å². The monoisotopic (exact) mass is 466 g/mol. The van der Waals surface area contributed by atoms with Gasteiger partial charge in [0.05, 0.1) is 0 Å². The van der Waals surface area contributed by atoms with Crippen LogP contribution in [0.5, 0.6) is 0 Å². The Bertz CT molecular complexity index is 996. The largest absolute Gasteiger partial charge is 0.344 e. The van der Waals surface area contributed by atoms with Gasteiger partial charge in [-0.2, -0.15) is 0 Å². The van der Waals surface area contributed by atoms with Crippen molar-refractivity contribution in [3.63, 3.8) is 0 Å². The zero-order valence-electron chi connectivity index (χ0n) is 19.8. The molecule has 4 bridgehead atoms. The normalized spacial score (nSPS) is 29.5. The highest BCUT2D eigenvalue weighted by molar-refractivity contribution is 7.18. The van der Waals surface area contributed by atoms with E-state index in [1.807, 2.05) is 38.1 Å². The van der Waals surface area contributed by atoms with Crippen LogP contribution in [0.4, 0.5) is 5.13 Å². The molecule has 7 heteroatoms. The Balaban J connectivity index is 1.29. The Morgan fingerprint density at radius 3 is 2.24 bits per heavy atom. The van der Waals surface area contributed by atoms with Crippen LogP contribution in [0, 0.1) is 36.0 Å². The molecule has 2 N–H and O–H groups in total. The number of hydrogen-bond acceptors (Lipinski definition) is 5. The molecule has 0 aliphatic heterocycles. The van der Waals surface area contributed by atoms with Crippen molar-refractivity contribution in [3.8, 4) is 10.6 Å². The highest BCUT2D eigenvalue weighted by Gasteiger charge is 2.55. The lowest BCUT2D eigenvalue weighted by atomic mass is 9.49. The fourth-order valence-corrected chi connectivity index (χ4v) is 7.41. The maximum Gasteiger partial charge on any atom is 0.249 e. The minimum absolute atomic E-state index is 0.0346. The van der Waals surface area contributed by atoms with E-state index in [1.54, 1.807) is 0 Å². The van der Waals surface area contributed by atoms with Crippen LogP contribution < -0.4 is 10.6 Å². The van der Waals surface area contributed by atoms with Gasteiger partial charge in [0.1, 0.15) is 11.0 Å². The summed E-state index contributed by atoms with van der Waals surface area (Å²) >= 11 is 1.36. The summed E-state index contributed by atoms with van der Waals surface area (Å²) in [6.45, 7) is 6.13. The molecule has 2 unspecified atom stereocenters. The lowest BCUT2D eigenvalue weighted by molar-refractivity contribution is -0.148. The molecular weight excluding hydrogens is 432 g/mol. The van der Waals surface area contributed by atoms with E-state index in [2.05, 4.69) is 27.8 Å². The van der Waals surface area contributed by atoms with E-state index >= 15 is 0 Å². The van der Waals surface area contributed by atoms with Crippen LogP contribution >= 0.6 is 11.3 Å². The summed E-state index contributed by atoms with van der Waals surface area (Å²) in [5.41, 5.74) is 1.90. The van der Waals surface area contributed by atoms with Crippen LogP contribution in [0.25, 0.3) is 10.6 Å². The van der Waals surface area contributed by atoms with E-state index in [9.17, 15) is 9.59 Å². The number of benzene rings is 1. The summed E-state index contributed by atoms with van der Waals surface area (Å²) in [7, 11) is 0. The average molecular weight is 467 g/mol. The molecule has 176 valence electrons.